The summed E-state index contributed by atoms with van der Waals surface area (Å²) in [6.45, 7) is 3.10. The summed E-state index contributed by atoms with van der Waals surface area (Å²) in [4.78, 5) is 20.5. The molecule has 4 rings (SSSR count). The Labute approximate surface area is 203 Å². The Morgan fingerprint density at radius 2 is 1.77 bits per heavy atom. The lowest BCUT2D eigenvalue weighted by atomic mass is 9.86. The van der Waals surface area contributed by atoms with Gasteiger partial charge in [-0.3, -0.25) is 4.98 Å². The molecule has 0 saturated heterocycles. The van der Waals surface area contributed by atoms with Gasteiger partial charge in [0.15, 0.2) is 24.2 Å². The molecule has 2 heterocycles. The van der Waals surface area contributed by atoms with Gasteiger partial charge in [0.25, 0.3) is 0 Å². The zero-order valence-electron chi connectivity index (χ0n) is 20.3. The number of halogens is 2. The molecule has 0 radical (unpaired) electrons. The maximum atomic E-state index is 15.2. The first-order valence-electron chi connectivity index (χ1n) is 11.9. The summed E-state index contributed by atoms with van der Waals surface area (Å²) in [5, 5.41) is 3.55. The third kappa shape index (κ3) is 5.61. The van der Waals surface area contributed by atoms with E-state index in [2.05, 4.69) is 9.99 Å². The maximum Gasteiger partial charge on any atom is 0.340 e. The highest BCUT2D eigenvalue weighted by Gasteiger charge is 2.26. The second-order valence-corrected chi connectivity index (χ2v) is 9.02. The lowest BCUT2D eigenvalue weighted by molar-refractivity contribution is -0.140. The van der Waals surface area contributed by atoms with E-state index in [0.717, 1.165) is 31.4 Å². The van der Waals surface area contributed by atoms with Gasteiger partial charge < -0.3 is 19.0 Å². The van der Waals surface area contributed by atoms with Crippen molar-refractivity contribution in [1.29, 1.82) is 0 Å². The van der Waals surface area contributed by atoms with Gasteiger partial charge in [-0.25, -0.2) is 13.6 Å². The number of nitrogens with zero attached hydrogens (tertiary/aromatic N) is 2. The molecule has 0 bridgehead atoms. The van der Waals surface area contributed by atoms with Gasteiger partial charge in [-0.2, -0.15) is 0 Å². The lowest BCUT2D eigenvalue weighted by Gasteiger charge is -2.24. The molecule has 1 aromatic carbocycles. The normalized spacial score (nSPS) is 16.3. The fourth-order valence-electron chi connectivity index (χ4n) is 4.65. The Bertz CT molecular complexity index is 1100. The highest BCUT2D eigenvalue weighted by Crippen LogP contribution is 2.37. The van der Waals surface area contributed by atoms with Crippen LogP contribution < -0.4 is 9.47 Å². The van der Waals surface area contributed by atoms with Gasteiger partial charge in [-0.05, 0) is 55.5 Å². The number of oxime groups is 1. The first kappa shape index (κ1) is 25.0. The van der Waals surface area contributed by atoms with Gasteiger partial charge in [0.1, 0.15) is 18.1 Å². The highest BCUT2D eigenvalue weighted by molar-refractivity contribution is 6.02. The number of carbonyl (C=O) groups excluding carboxylic acids is 1. The molecule has 9 heteroatoms. The molecule has 35 heavy (non-hydrogen) atoms. The second-order valence-electron chi connectivity index (χ2n) is 9.02. The van der Waals surface area contributed by atoms with Crippen molar-refractivity contribution < 1.29 is 32.6 Å². The first-order valence-corrected chi connectivity index (χ1v) is 11.9. The highest BCUT2D eigenvalue weighted by atomic mass is 19.1. The van der Waals surface area contributed by atoms with Crippen molar-refractivity contribution in [3.63, 3.8) is 0 Å². The molecule has 1 aliphatic carbocycles. The summed E-state index contributed by atoms with van der Waals surface area (Å²) in [5.74, 6) is -1.58. The molecule has 2 aromatic rings. The average Bonchev–Trinajstić information content (AvgIpc) is 3.30. The monoisotopic (exact) mass is 488 g/mol. The molecule has 0 amide bonds. The van der Waals surface area contributed by atoms with Crippen LogP contribution >= 0.6 is 0 Å². The van der Waals surface area contributed by atoms with Crippen molar-refractivity contribution in [2.75, 3.05) is 20.5 Å². The fraction of sp³-hybridized carbons (Fsp3) is 0.500. The number of methoxy groups -OCH3 is 1. The van der Waals surface area contributed by atoms with Crippen molar-refractivity contribution in [1.82, 2.24) is 4.98 Å². The van der Waals surface area contributed by atoms with E-state index in [9.17, 15) is 4.79 Å². The molecular weight excluding hydrogens is 458 g/mol. The van der Waals surface area contributed by atoms with Crippen molar-refractivity contribution in [3.05, 3.63) is 51.8 Å². The minimum absolute atomic E-state index is 0.0572. The standard InChI is InChI=1S/C26H30F2N2O5/c1-15-20(16(2)24(28)26(23(15)27)33-13-19-12-22(31)35-30-19)11-18-9-10-21(34-14-32-3)25(29-18)17-7-5-4-6-8-17/h9-10,17H,4-8,11-14H2,1-3H3. The van der Waals surface area contributed by atoms with Crippen LogP contribution in [0, 0.1) is 25.5 Å². The van der Waals surface area contributed by atoms with Crippen LogP contribution in [0.5, 0.6) is 11.5 Å². The Morgan fingerprint density at radius 1 is 1.06 bits per heavy atom. The number of pyridine rings is 1. The van der Waals surface area contributed by atoms with Crippen LogP contribution in [-0.4, -0.2) is 37.2 Å². The van der Waals surface area contributed by atoms with Crippen molar-refractivity contribution in [3.8, 4) is 11.5 Å². The van der Waals surface area contributed by atoms with Crippen LogP contribution in [0.2, 0.25) is 0 Å². The molecule has 1 aromatic heterocycles. The summed E-state index contributed by atoms with van der Waals surface area (Å²) in [7, 11) is 1.57. The Hall–Kier alpha value is -3.07. The molecule has 7 nitrogen and oxygen atoms in total. The van der Waals surface area contributed by atoms with Crippen LogP contribution in [0.15, 0.2) is 17.3 Å². The van der Waals surface area contributed by atoms with E-state index >= 15 is 8.78 Å². The summed E-state index contributed by atoms with van der Waals surface area (Å²) >= 11 is 0. The van der Waals surface area contributed by atoms with E-state index < -0.39 is 23.4 Å². The number of rotatable bonds is 9. The van der Waals surface area contributed by atoms with Gasteiger partial charge >= 0.3 is 5.97 Å². The quantitative estimate of drug-likeness (QED) is 0.353. The van der Waals surface area contributed by atoms with Crippen molar-refractivity contribution >= 4 is 11.7 Å². The number of ether oxygens (including phenoxy) is 3. The van der Waals surface area contributed by atoms with Gasteiger partial charge in [0.05, 0.1) is 12.1 Å². The maximum absolute atomic E-state index is 15.2. The number of aromatic nitrogens is 1. The van der Waals surface area contributed by atoms with E-state index in [1.165, 1.54) is 6.42 Å². The van der Waals surface area contributed by atoms with E-state index in [4.69, 9.17) is 19.2 Å². The number of hydrogen-bond donors (Lipinski definition) is 0. The molecule has 188 valence electrons. The predicted molar refractivity (Wildman–Crippen MR) is 125 cm³/mol. The van der Waals surface area contributed by atoms with E-state index in [1.807, 2.05) is 12.1 Å². The smallest absolute Gasteiger partial charge is 0.340 e. The van der Waals surface area contributed by atoms with Crippen molar-refractivity contribution in [2.45, 2.75) is 64.7 Å². The third-order valence-electron chi connectivity index (χ3n) is 6.60. The molecule has 0 N–H and O–H groups in total. The minimum atomic E-state index is -0.776. The third-order valence-corrected chi connectivity index (χ3v) is 6.60. The second kappa shape index (κ2) is 11.1. The van der Waals surface area contributed by atoms with Crippen LogP contribution in [0.1, 0.15) is 72.5 Å². The van der Waals surface area contributed by atoms with Crippen LogP contribution in [-0.2, 0) is 20.8 Å². The molecule has 0 atom stereocenters. The summed E-state index contributed by atoms with van der Waals surface area (Å²) in [6.07, 6.45) is 5.78. The van der Waals surface area contributed by atoms with Crippen molar-refractivity contribution in [2.24, 2.45) is 5.16 Å². The summed E-state index contributed by atoms with van der Waals surface area (Å²) in [6, 6.07) is 3.69. The SMILES string of the molecule is COCOc1ccc(Cc2c(C)c(F)c(OCC3=NOC(=O)C3)c(F)c2C)nc1C1CCCCC1. The molecule has 0 spiro atoms. The minimum Gasteiger partial charge on any atom is -0.481 e. The van der Waals surface area contributed by atoms with Crippen LogP contribution in [0.3, 0.4) is 0 Å². The molecule has 1 saturated carbocycles. The summed E-state index contributed by atoms with van der Waals surface area (Å²) < 4.78 is 46.5. The average molecular weight is 489 g/mol. The van der Waals surface area contributed by atoms with E-state index in [-0.39, 0.29) is 37.9 Å². The molecular formula is C26H30F2N2O5. The number of benzene rings is 1. The lowest BCUT2D eigenvalue weighted by Crippen LogP contribution is -2.15. The molecule has 1 aliphatic heterocycles. The fourth-order valence-corrected chi connectivity index (χ4v) is 4.65. The van der Waals surface area contributed by atoms with E-state index in [1.54, 1.807) is 21.0 Å². The van der Waals surface area contributed by atoms with Gasteiger partial charge in [0, 0.05) is 25.1 Å². The van der Waals surface area contributed by atoms with Gasteiger partial charge in [0.2, 0.25) is 0 Å². The van der Waals surface area contributed by atoms with Crippen LogP contribution in [0.25, 0.3) is 0 Å². The zero-order chi connectivity index (χ0) is 24.9. The van der Waals surface area contributed by atoms with E-state index in [0.29, 0.717) is 28.1 Å². The first-order chi connectivity index (χ1) is 16.9. The molecule has 0 unspecified atom stereocenters. The largest absolute Gasteiger partial charge is 0.481 e. The predicted octanol–water partition coefficient (Wildman–Crippen LogP) is 5.28. The number of carbonyl (C=O) groups is 1. The topological polar surface area (TPSA) is 79.2 Å². The number of hydrogen-bond acceptors (Lipinski definition) is 7. The Kier molecular flexibility index (Phi) is 7.95. The van der Waals surface area contributed by atoms with Gasteiger partial charge in [-0.15, -0.1) is 0 Å². The molecule has 2 aliphatic rings. The molecule has 1 fully saturated rings. The Morgan fingerprint density at radius 3 is 2.40 bits per heavy atom. The Balaban J connectivity index is 1.60. The zero-order valence-corrected chi connectivity index (χ0v) is 20.3. The van der Waals surface area contributed by atoms with Gasteiger partial charge in [-0.1, -0.05) is 24.4 Å². The summed E-state index contributed by atoms with van der Waals surface area (Å²) in [5.41, 5.74) is 2.98. The van der Waals surface area contributed by atoms with Crippen LogP contribution in [0.4, 0.5) is 8.78 Å².